The molecule has 0 aliphatic rings. The van der Waals surface area contributed by atoms with Crippen molar-refractivity contribution >= 4 is 29.5 Å². The highest BCUT2D eigenvalue weighted by Gasteiger charge is 2.18. The van der Waals surface area contributed by atoms with Gasteiger partial charge in [-0.2, -0.15) is 16.7 Å². The van der Waals surface area contributed by atoms with Crippen molar-refractivity contribution in [3.8, 4) is 0 Å². The second kappa shape index (κ2) is 6.29. The van der Waals surface area contributed by atoms with Gasteiger partial charge in [-0.05, 0) is 20.1 Å². The number of aliphatic carboxylic acids is 1. The summed E-state index contributed by atoms with van der Waals surface area (Å²) < 4.78 is 1.82. The van der Waals surface area contributed by atoms with Crippen molar-refractivity contribution < 1.29 is 9.90 Å². The van der Waals surface area contributed by atoms with Gasteiger partial charge in [-0.3, -0.25) is 9.59 Å². The predicted octanol–water partition coefficient (Wildman–Crippen LogP) is 1.56. The molecule has 0 bridgehead atoms. The minimum atomic E-state index is -0.922. The Labute approximate surface area is 114 Å². The van der Waals surface area contributed by atoms with Gasteiger partial charge in [0.15, 0.2) is 5.16 Å². The molecule has 1 aromatic rings. The summed E-state index contributed by atoms with van der Waals surface area (Å²) in [5.74, 6) is -1.02. The van der Waals surface area contributed by atoms with E-state index in [0.29, 0.717) is 11.7 Å². The van der Waals surface area contributed by atoms with E-state index in [2.05, 4.69) is 18.8 Å². The zero-order chi connectivity index (χ0) is 13.8. The van der Waals surface area contributed by atoms with E-state index in [9.17, 15) is 9.59 Å². The summed E-state index contributed by atoms with van der Waals surface area (Å²) in [6.07, 6.45) is 3.68. The van der Waals surface area contributed by atoms with Gasteiger partial charge < -0.3 is 9.67 Å². The molecule has 5 nitrogen and oxygen atoms in total. The summed E-state index contributed by atoms with van der Waals surface area (Å²) in [5.41, 5.74) is -0.346. The number of carboxylic acid groups (broad SMARTS) is 1. The van der Waals surface area contributed by atoms with E-state index < -0.39 is 5.97 Å². The molecule has 18 heavy (non-hydrogen) atoms. The van der Waals surface area contributed by atoms with Crippen LogP contribution < -0.4 is 5.56 Å². The molecule has 0 fully saturated rings. The lowest BCUT2D eigenvalue weighted by Gasteiger charge is -2.24. The van der Waals surface area contributed by atoms with Crippen LogP contribution >= 0.6 is 23.5 Å². The smallest absolute Gasteiger partial charge is 0.313 e. The Morgan fingerprint density at radius 3 is 2.78 bits per heavy atom. The van der Waals surface area contributed by atoms with Gasteiger partial charge in [0.25, 0.3) is 5.56 Å². The lowest BCUT2D eigenvalue weighted by molar-refractivity contribution is -0.133. The summed E-state index contributed by atoms with van der Waals surface area (Å²) in [6, 6.07) is 1.39. The first-order valence-corrected chi connectivity index (χ1v) is 7.52. The van der Waals surface area contributed by atoms with Crippen molar-refractivity contribution in [2.45, 2.75) is 30.3 Å². The van der Waals surface area contributed by atoms with E-state index in [0.717, 1.165) is 11.8 Å². The summed E-state index contributed by atoms with van der Waals surface area (Å²) in [5, 5.41) is 9.12. The topological polar surface area (TPSA) is 72.2 Å². The molecule has 1 N–H and O–H groups in total. The molecule has 1 rings (SSSR count). The molecule has 0 aromatic carbocycles. The number of thioether (sulfide) groups is 2. The first-order valence-electron chi connectivity index (χ1n) is 5.31. The van der Waals surface area contributed by atoms with E-state index >= 15 is 0 Å². The maximum Gasteiger partial charge on any atom is 0.313 e. The molecule has 0 atom stereocenters. The van der Waals surface area contributed by atoms with Crippen LogP contribution in [-0.2, 0) is 11.3 Å². The van der Waals surface area contributed by atoms with Crippen LogP contribution in [0.2, 0.25) is 0 Å². The second-order valence-electron chi connectivity index (χ2n) is 4.32. The van der Waals surface area contributed by atoms with E-state index in [1.807, 2.05) is 10.8 Å². The van der Waals surface area contributed by atoms with E-state index in [-0.39, 0.29) is 16.1 Å². The lowest BCUT2D eigenvalue weighted by Crippen LogP contribution is -2.25. The van der Waals surface area contributed by atoms with Crippen LogP contribution in [0.4, 0.5) is 0 Å². The molecule has 7 heteroatoms. The van der Waals surface area contributed by atoms with Gasteiger partial charge in [-0.25, -0.2) is 0 Å². The molecule has 0 saturated heterocycles. The maximum atomic E-state index is 11.2. The lowest BCUT2D eigenvalue weighted by atomic mass is 10.2. The molecule has 0 aliphatic carbocycles. The van der Waals surface area contributed by atoms with E-state index in [4.69, 9.17) is 5.11 Å². The van der Waals surface area contributed by atoms with Crippen molar-refractivity contribution in [3.05, 3.63) is 22.6 Å². The van der Waals surface area contributed by atoms with E-state index in [1.165, 1.54) is 6.07 Å². The quantitative estimate of drug-likeness (QED) is 0.632. The van der Waals surface area contributed by atoms with Gasteiger partial charge >= 0.3 is 5.97 Å². The normalized spacial score (nSPS) is 11.5. The monoisotopic (exact) mass is 288 g/mol. The SMILES string of the molecule is CSC(C)(C)Cn1ccc(=O)nc1SCC(=O)O. The molecule has 0 radical (unpaired) electrons. The van der Waals surface area contributed by atoms with Crippen LogP contribution in [0, 0.1) is 0 Å². The van der Waals surface area contributed by atoms with Crippen LogP contribution in [0.5, 0.6) is 0 Å². The minimum Gasteiger partial charge on any atom is -0.481 e. The second-order valence-corrected chi connectivity index (χ2v) is 6.78. The van der Waals surface area contributed by atoms with Gasteiger partial charge in [0.05, 0.1) is 5.75 Å². The minimum absolute atomic E-state index is 0.00468. The van der Waals surface area contributed by atoms with Crippen molar-refractivity contribution in [2.75, 3.05) is 12.0 Å². The largest absolute Gasteiger partial charge is 0.481 e. The average molecular weight is 288 g/mol. The molecule has 0 amide bonds. The van der Waals surface area contributed by atoms with E-state index in [1.54, 1.807) is 18.0 Å². The first kappa shape index (κ1) is 15.1. The number of rotatable bonds is 6. The Morgan fingerprint density at radius 2 is 2.22 bits per heavy atom. The summed E-state index contributed by atoms with van der Waals surface area (Å²) >= 11 is 2.77. The fourth-order valence-electron chi connectivity index (χ4n) is 1.25. The van der Waals surface area contributed by atoms with Crippen molar-refractivity contribution in [1.82, 2.24) is 9.55 Å². The highest BCUT2D eigenvalue weighted by atomic mass is 32.2. The molecule has 0 aliphatic heterocycles. The molecular formula is C11H16N2O3S2. The number of carbonyl (C=O) groups is 1. The third kappa shape index (κ3) is 4.73. The third-order valence-corrected chi connectivity index (χ3v) is 4.49. The van der Waals surface area contributed by atoms with Crippen molar-refractivity contribution in [2.24, 2.45) is 0 Å². The van der Waals surface area contributed by atoms with Gasteiger partial charge in [-0.1, -0.05) is 11.8 Å². The summed E-state index contributed by atoms with van der Waals surface area (Å²) in [7, 11) is 0. The van der Waals surface area contributed by atoms with Crippen LogP contribution in [0.3, 0.4) is 0 Å². The molecule has 100 valence electrons. The molecule has 0 spiro atoms. The Kier molecular flexibility index (Phi) is 5.28. The average Bonchev–Trinajstić information content (AvgIpc) is 2.29. The number of hydrogen-bond donors (Lipinski definition) is 1. The molecular weight excluding hydrogens is 272 g/mol. The van der Waals surface area contributed by atoms with Gasteiger partial charge in [0.2, 0.25) is 0 Å². The third-order valence-electron chi connectivity index (χ3n) is 2.28. The van der Waals surface area contributed by atoms with Gasteiger partial charge in [0, 0.05) is 23.6 Å². The number of nitrogens with zero attached hydrogens (tertiary/aromatic N) is 2. The molecule has 0 unspecified atom stereocenters. The Morgan fingerprint density at radius 1 is 1.56 bits per heavy atom. The van der Waals surface area contributed by atoms with Crippen molar-refractivity contribution in [1.29, 1.82) is 0 Å². The van der Waals surface area contributed by atoms with Gasteiger partial charge in [0.1, 0.15) is 0 Å². The van der Waals surface area contributed by atoms with Crippen LogP contribution in [0.25, 0.3) is 0 Å². The Balaban J connectivity index is 2.96. The molecule has 1 heterocycles. The maximum absolute atomic E-state index is 11.2. The predicted molar refractivity (Wildman–Crippen MR) is 74.5 cm³/mol. The fourth-order valence-corrected chi connectivity index (χ4v) is 2.22. The van der Waals surface area contributed by atoms with Crippen LogP contribution in [0.1, 0.15) is 13.8 Å². The number of carboxylic acids is 1. The molecule has 0 saturated carbocycles. The zero-order valence-electron chi connectivity index (χ0n) is 10.5. The Bertz CT molecular complexity index is 485. The van der Waals surface area contributed by atoms with Gasteiger partial charge in [-0.15, -0.1) is 0 Å². The number of hydrogen-bond acceptors (Lipinski definition) is 5. The van der Waals surface area contributed by atoms with Crippen LogP contribution in [-0.4, -0.2) is 37.4 Å². The fraction of sp³-hybridized carbons (Fsp3) is 0.545. The zero-order valence-corrected chi connectivity index (χ0v) is 12.2. The van der Waals surface area contributed by atoms with Crippen LogP contribution in [0.15, 0.2) is 22.2 Å². The Hall–Kier alpha value is -0.950. The number of aromatic nitrogens is 2. The van der Waals surface area contributed by atoms with Crippen molar-refractivity contribution in [3.63, 3.8) is 0 Å². The standard InChI is InChI=1S/C11H16N2O3S2/c1-11(2,17-3)7-13-5-4-8(14)12-10(13)18-6-9(15)16/h4-5H,6-7H2,1-3H3,(H,15,16). The highest BCUT2D eigenvalue weighted by molar-refractivity contribution is 8.00. The summed E-state index contributed by atoms with van der Waals surface area (Å²) in [4.78, 5) is 25.7. The molecule has 1 aromatic heterocycles. The summed E-state index contributed by atoms with van der Waals surface area (Å²) in [6.45, 7) is 4.84. The highest BCUT2D eigenvalue weighted by Crippen LogP contribution is 2.25. The first-order chi connectivity index (χ1) is 8.34.